The van der Waals surface area contributed by atoms with Gasteiger partial charge in [-0.25, -0.2) is 13.4 Å². The lowest BCUT2D eigenvalue weighted by Gasteiger charge is -2.08. The molecule has 3 aromatic rings. The summed E-state index contributed by atoms with van der Waals surface area (Å²) >= 11 is 5.96. The van der Waals surface area contributed by atoms with E-state index in [9.17, 15) is 8.42 Å². The van der Waals surface area contributed by atoms with Gasteiger partial charge in [0.1, 0.15) is 11.5 Å². The standard InChI is InChI=1S/C14H12ClN3O3S/c1-10-7-12(17-21-10)9-22(19,20)14-16-5-6-18(14)13-4-2-3-11(15)8-13/h2-8H,9H2,1H3. The first-order valence-electron chi connectivity index (χ1n) is 6.40. The molecule has 0 radical (unpaired) electrons. The zero-order valence-electron chi connectivity index (χ0n) is 11.6. The summed E-state index contributed by atoms with van der Waals surface area (Å²) in [6.07, 6.45) is 3.01. The molecule has 2 heterocycles. The van der Waals surface area contributed by atoms with E-state index >= 15 is 0 Å². The lowest BCUT2D eigenvalue weighted by atomic mass is 10.3. The Morgan fingerprint density at radius 2 is 2.14 bits per heavy atom. The Hall–Kier alpha value is -2.12. The van der Waals surface area contributed by atoms with Crippen LogP contribution in [0.5, 0.6) is 0 Å². The number of halogens is 1. The topological polar surface area (TPSA) is 78.0 Å². The van der Waals surface area contributed by atoms with E-state index in [0.29, 0.717) is 22.2 Å². The Bertz CT molecular complexity index is 915. The van der Waals surface area contributed by atoms with E-state index < -0.39 is 9.84 Å². The highest BCUT2D eigenvalue weighted by Gasteiger charge is 2.23. The summed E-state index contributed by atoms with van der Waals surface area (Å²) in [5.74, 6) is 0.283. The first kappa shape index (κ1) is 14.8. The SMILES string of the molecule is Cc1cc(CS(=O)(=O)c2nccn2-c2cccc(Cl)c2)no1. The number of rotatable bonds is 4. The van der Waals surface area contributed by atoms with Crippen molar-refractivity contribution in [1.82, 2.24) is 14.7 Å². The quantitative estimate of drug-likeness (QED) is 0.731. The monoisotopic (exact) mass is 337 g/mol. The summed E-state index contributed by atoms with van der Waals surface area (Å²) < 4.78 is 31.5. The number of benzene rings is 1. The smallest absolute Gasteiger partial charge is 0.232 e. The highest BCUT2D eigenvalue weighted by molar-refractivity contribution is 7.90. The van der Waals surface area contributed by atoms with Gasteiger partial charge in [0.15, 0.2) is 0 Å². The predicted molar refractivity (Wildman–Crippen MR) is 80.7 cm³/mol. The Kier molecular flexibility index (Phi) is 3.76. The van der Waals surface area contributed by atoms with Crippen LogP contribution in [0, 0.1) is 6.92 Å². The molecule has 0 unspecified atom stereocenters. The summed E-state index contributed by atoms with van der Waals surface area (Å²) in [5.41, 5.74) is 0.970. The Morgan fingerprint density at radius 1 is 1.32 bits per heavy atom. The second-order valence-corrected chi connectivity index (χ2v) is 7.07. The van der Waals surface area contributed by atoms with Crippen molar-refractivity contribution >= 4 is 21.4 Å². The Balaban J connectivity index is 2.00. The van der Waals surface area contributed by atoms with Gasteiger partial charge in [-0.1, -0.05) is 22.8 Å². The second-order valence-electron chi connectivity index (χ2n) is 4.75. The third-order valence-corrected chi connectivity index (χ3v) is 4.76. The van der Waals surface area contributed by atoms with Crippen LogP contribution in [0.2, 0.25) is 5.02 Å². The van der Waals surface area contributed by atoms with Crippen LogP contribution in [0.25, 0.3) is 5.69 Å². The van der Waals surface area contributed by atoms with Gasteiger partial charge in [-0.05, 0) is 25.1 Å². The zero-order chi connectivity index (χ0) is 15.7. The number of imidazole rings is 1. The molecule has 3 rings (SSSR count). The first-order valence-corrected chi connectivity index (χ1v) is 8.43. The Labute approximate surface area is 132 Å². The van der Waals surface area contributed by atoms with Gasteiger partial charge < -0.3 is 4.52 Å². The van der Waals surface area contributed by atoms with Crippen LogP contribution >= 0.6 is 11.6 Å². The van der Waals surface area contributed by atoms with Crippen molar-refractivity contribution in [2.24, 2.45) is 0 Å². The average Bonchev–Trinajstić information content (AvgIpc) is 3.08. The van der Waals surface area contributed by atoms with Gasteiger partial charge in [0.05, 0.1) is 5.69 Å². The molecule has 1 aromatic carbocycles. The van der Waals surface area contributed by atoms with Gasteiger partial charge in [-0.15, -0.1) is 0 Å². The van der Waals surface area contributed by atoms with Crippen LogP contribution in [0.1, 0.15) is 11.5 Å². The molecule has 6 nitrogen and oxygen atoms in total. The summed E-state index contributed by atoms with van der Waals surface area (Å²) in [5, 5.41) is 4.17. The molecule has 0 bridgehead atoms. The molecule has 0 spiro atoms. The van der Waals surface area contributed by atoms with Gasteiger partial charge in [-0.3, -0.25) is 4.57 Å². The lowest BCUT2D eigenvalue weighted by molar-refractivity contribution is 0.392. The molecule has 0 fully saturated rings. The molecule has 0 N–H and O–H groups in total. The fourth-order valence-electron chi connectivity index (χ4n) is 2.09. The molecular weight excluding hydrogens is 326 g/mol. The van der Waals surface area contributed by atoms with Crippen molar-refractivity contribution in [2.75, 3.05) is 0 Å². The van der Waals surface area contributed by atoms with Gasteiger partial charge >= 0.3 is 0 Å². The molecular formula is C14H12ClN3O3S. The van der Waals surface area contributed by atoms with Crippen LogP contribution in [-0.4, -0.2) is 23.1 Å². The molecule has 0 aliphatic carbocycles. The van der Waals surface area contributed by atoms with Gasteiger partial charge in [0, 0.05) is 29.2 Å². The second kappa shape index (κ2) is 5.58. The minimum absolute atomic E-state index is 0.0598. The number of hydrogen-bond acceptors (Lipinski definition) is 5. The maximum Gasteiger partial charge on any atom is 0.232 e. The normalized spacial score (nSPS) is 11.7. The zero-order valence-corrected chi connectivity index (χ0v) is 13.2. The third kappa shape index (κ3) is 2.90. The van der Waals surface area contributed by atoms with Crippen LogP contribution in [0.15, 0.2) is 52.4 Å². The van der Waals surface area contributed by atoms with Crippen LogP contribution in [0.4, 0.5) is 0 Å². The van der Waals surface area contributed by atoms with Crippen molar-refractivity contribution in [2.45, 2.75) is 17.8 Å². The number of hydrogen-bond donors (Lipinski definition) is 0. The van der Waals surface area contributed by atoms with E-state index in [1.165, 1.54) is 10.8 Å². The molecule has 0 saturated carbocycles. The molecule has 22 heavy (non-hydrogen) atoms. The van der Waals surface area contributed by atoms with Crippen LogP contribution < -0.4 is 0 Å². The first-order chi connectivity index (χ1) is 10.5. The van der Waals surface area contributed by atoms with Crippen molar-refractivity contribution in [3.05, 3.63) is 59.2 Å². The van der Waals surface area contributed by atoms with Crippen LogP contribution in [-0.2, 0) is 15.6 Å². The molecule has 0 saturated heterocycles. The summed E-state index contributed by atoms with van der Waals surface area (Å²) in [4.78, 5) is 3.97. The largest absolute Gasteiger partial charge is 0.361 e. The molecule has 2 aromatic heterocycles. The highest BCUT2D eigenvalue weighted by Crippen LogP contribution is 2.21. The average molecular weight is 338 g/mol. The molecule has 0 aliphatic rings. The van der Waals surface area contributed by atoms with Crippen molar-refractivity contribution in [3.63, 3.8) is 0 Å². The van der Waals surface area contributed by atoms with Crippen molar-refractivity contribution in [3.8, 4) is 5.69 Å². The molecule has 0 atom stereocenters. The third-order valence-electron chi connectivity index (χ3n) is 2.99. The Morgan fingerprint density at radius 3 is 2.82 bits per heavy atom. The van der Waals surface area contributed by atoms with Crippen molar-refractivity contribution in [1.29, 1.82) is 0 Å². The van der Waals surface area contributed by atoms with E-state index in [4.69, 9.17) is 16.1 Å². The highest BCUT2D eigenvalue weighted by atomic mass is 35.5. The number of nitrogens with zero attached hydrogens (tertiary/aromatic N) is 3. The molecule has 0 amide bonds. The number of aromatic nitrogens is 3. The van der Waals surface area contributed by atoms with Gasteiger partial charge in [0.25, 0.3) is 0 Å². The fourth-order valence-corrected chi connectivity index (χ4v) is 3.61. The molecule has 114 valence electrons. The van der Waals surface area contributed by atoms with Crippen molar-refractivity contribution < 1.29 is 12.9 Å². The van der Waals surface area contributed by atoms with E-state index in [1.807, 2.05) is 0 Å². The number of aryl methyl sites for hydroxylation is 1. The summed E-state index contributed by atoms with van der Waals surface area (Å²) in [6.45, 7) is 1.70. The van der Waals surface area contributed by atoms with E-state index in [-0.39, 0.29) is 10.9 Å². The number of sulfone groups is 1. The molecule has 0 aliphatic heterocycles. The maximum absolute atomic E-state index is 12.6. The van der Waals surface area contributed by atoms with Gasteiger partial charge in [0.2, 0.25) is 15.0 Å². The summed E-state index contributed by atoms with van der Waals surface area (Å²) in [7, 11) is -3.66. The predicted octanol–water partition coefficient (Wildman–Crippen LogP) is 2.80. The van der Waals surface area contributed by atoms with Crippen LogP contribution in [0.3, 0.4) is 0 Å². The minimum Gasteiger partial charge on any atom is -0.361 e. The molecule has 8 heteroatoms. The fraction of sp³-hybridized carbons (Fsp3) is 0.143. The minimum atomic E-state index is -3.66. The van der Waals surface area contributed by atoms with Gasteiger partial charge in [-0.2, -0.15) is 0 Å². The van der Waals surface area contributed by atoms with E-state index in [2.05, 4.69) is 10.1 Å². The van der Waals surface area contributed by atoms with E-state index in [1.54, 1.807) is 43.5 Å². The van der Waals surface area contributed by atoms with E-state index in [0.717, 1.165) is 0 Å². The lowest BCUT2D eigenvalue weighted by Crippen LogP contribution is -2.12. The maximum atomic E-state index is 12.6. The summed E-state index contributed by atoms with van der Waals surface area (Å²) in [6, 6.07) is 8.48.